The minimum absolute atomic E-state index is 0.0461. The number of sulfonamides is 1. The smallest absolute Gasteiger partial charge is 0.356 e. The summed E-state index contributed by atoms with van der Waals surface area (Å²) in [5.41, 5.74) is 1.98. The maximum atomic E-state index is 13.5. The number of nitrogens with one attached hydrogen (secondary N) is 1. The first-order valence-electron chi connectivity index (χ1n) is 10.3. The number of amides is 1. The van der Waals surface area contributed by atoms with E-state index in [2.05, 4.69) is 10.2 Å². The number of para-hydroxylation sites is 2. The summed E-state index contributed by atoms with van der Waals surface area (Å²) in [4.78, 5) is 28.7. The van der Waals surface area contributed by atoms with Crippen LogP contribution < -0.4 is 20.3 Å². The van der Waals surface area contributed by atoms with Gasteiger partial charge in [0.05, 0.1) is 23.3 Å². The number of nitrogens with two attached hydrogens (primary N) is 1. The molecule has 0 aliphatic rings. The highest BCUT2D eigenvalue weighted by Gasteiger charge is 2.29. The second kappa shape index (κ2) is 10.8. The van der Waals surface area contributed by atoms with E-state index in [4.69, 9.17) is 10.6 Å². The van der Waals surface area contributed by atoms with Gasteiger partial charge in [0, 0.05) is 6.54 Å². The Labute approximate surface area is 198 Å². The molecule has 0 spiro atoms. The zero-order chi connectivity index (χ0) is 24.7. The van der Waals surface area contributed by atoms with Crippen molar-refractivity contribution in [1.82, 2.24) is 5.32 Å². The fourth-order valence-electron chi connectivity index (χ4n) is 3.24. The number of aryl methyl sites for hydroxylation is 1. The Bertz CT molecular complexity index is 1280. The fraction of sp³-hybridized carbons (Fsp3) is 0.167. The van der Waals surface area contributed by atoms with Crippen molar-refractivity contribution < 1.29 is 27.6 Å². The highest BCUT2D eigenvalue weighted by molar-refractivity contribution is 7.92. The van der Waals surface area contributed by atoms with Crippen molar-refractivity contribution in [3.05, 3.63) is 89.5 Å². The lowest BCUT2D eigenvalue weighted by Gasteiger charge is -2.25. The number of methoxy groups -OCH3 is 1. The zero-order valence-corrected chi connectivity index (χ0v) is 19.5. The van der Waals surface area contributed by atoms with Gasteiger partial charge in [-0.1, -0.05) is 42.0 Å². The fourth-order valence-corrected chi connectivity index (χ4v) is 4.67. The van der Waals surface area contributed by atoms with Gasteiger partial charge >= 0.3 is 5.97 Å². The zero-order valence-electron chi connectivity index (χ0n) is 18.7. The Hall–Kier alpha value is -3.89. The predicted octanol–water partition coefficient (Wildman–Crippen LogP) is 2.55. The molecule has 0 radical (unpaired) electrons. The maximum Gasteiger partial charge on any atom is 0.356 e. The second-order valence-corrected chi connectivity index (χ2v) is 9.24. The van der Waals surface area contributed by atoms with Crippen LogP contribution in [0, 0.1) is 6.92 Å². The predicted molar refractivity (Wildman–Crippen MR) is 127 cm³/mol. The summed E-state index contributed by atoms with van der Waals surface area (Å²) < 4.78 is 33.4. The van der Waals surface area contributed by atoms with E-state index in [0.717, 1.165) is 9.87 Å². The Kier molecular flexibility index (Phi) is 7.87. The molecule has 0 heterocycles. The molecule has 0 aromatic heterocycles. The van der Waals surface area contributed by atoms with E-state index in [1.54, 1.807) is 48.5 Å². The van der Waals surface area contributed by atoms with Gasteiger partial charge in [-0.25, -0.2) is 13.2 Å². The van der Waals surface area contributed by atoms with Crippen LogP contribution in [-0.2, 0) is 26.2 Å². The van der Waals surface area contributed by atoms with E-state index in [9.17, 15) is 18.0 Å². The Morgan fingerprint density at radius 2 is 1.71 bits per heavy atom. The molecular weight excluding hydrogens is 458 g/mol. The molecule has 0 aliphatic carbocycles. The molecule has 34 heavy (non-hydrogen) atoms. The molecule has 3 aromatic rings. The van der Waals surface area contributed by atoms with E-state index >= 15 is 0 Å². The van der Waals surface area contributed by atoms with Gasteiger partial charge in [-0.3, -0.25) is 9.10 Å². The SMILES string of the molecule is COc1ccccc1N(CC(=O)NCc1cccc(C(=O)ON)c1)S(=O)(=O)c1ccc(C)cc1. The number of ether oxygens (including phenoxy) is 1. The number of rotatable bonds is 9. The molecule has 1 amide bonds. The van der Waals surface area contributed by atoms with Crippen molar-refractivity contribution in [3.63, 3.8) is 0 Å². The molecule has 3 N–H and O–H groups in total. The quantitative estimate of drug-likeness (QED) is 0.448. The summed E-state index contributed by atoms with van der Waals surface area (Å²) in [6.07, 6.45) is 0. The Balaban J connectivity index is 1.86. The third-order valence-corrected chi connectivity index (χ3v) is 6.78. The first kappa shape index (κ1) is 24.7. The first-order valence-corrected chi connectivity index (χ1v) is 11.7. The molecule has 9 nitrogen and oxygen atoms in total. The van der Waals surface area contributed by atoms with E-state index in [-0.39, 0.29) is 22.7 Å². The van der Waals surface area contributed by atoms with Gasteiger partial charge in [0.15, 0.2) is 0 Å². The van der Waals surface area contributed by atoms with E-state index in [1.165, 1.54) is 31.4 Å². The number of carbonyl (C=O) groups excluding carboxylic acids is 2. The number of anilines is 1. The van der Waals surface area contributed by atoms with Gasteiger partial charge in [-0.15, -0.1) is 0 Å². The number of nitrogens with zero attached hydrogens (tertiary/aromatic N) is 1. The van der Waals surface area contributed by atoms with Gasteiger partial charge < -0.3 is 14.9 Å². The lowest BCUT2D eigenvalue weighted by Crippen LogP contribution is -2.40. The molecule has 10 heteroatoms. The molecule has 0 atom stereocenters. The van der Waals surface area contributed by atoms with Crippen molar-refractivity contribution in [1.29, 1.82) is 0 Å². The Morgan fingerprint density at radius 1 is 1.00 bits per heavy atom. The molecule has 0 unspecified atom stereocenters. The molecule has 0 bridgehead atoms. The summed E-state index contributed by atoms with van der Waals surface area (Å²) in [5.74, 6) is 3.96. The van der Waals surface area contributed by atoms with E-state index in [1.807, 2.05) is 6.92 Å². The van der Waals surface area contributed by atoms with Crippen molar-refractivity contribution in [2.75, 3.05) is 18.0 Å². The van der Waals surface area contributed by atoms with Gasteiger partial charge in [0.2, 0.25) is 5.91 Å². The monoisotopic (exact) mass is 483 g/mol. The minimum Gasteiger partial charge on any atom is -0.495 e. The number of hydrogen-bond donors (Lipinski definition) is 2. The molecule has 0 aliphatic heterocycles. The summed E-state index contributed by atoms with van der Waals surface area (Å²) in [7, 11) is -2.66. The summed E-state index contributed by atoms with van der Waals surface area (Å²) in [5, 5.41) is 2.68. The van der Waals surface area contributed by atoms with Crippen molar-refractivity contribution in [2.45, 2.75) is 18.4 Å². The topological polar surface area (TPSA) is 128 Å². The van der Waals surface area contributed by atoms with Gasteiger partial charge in [-0.05, 0) is 48.9 Å². The number of benzene rings is 3. The van der Waals surface area contributed by atoms with Crippen LogP contribution >= 0.6 is 0 Å². The molecule has 3 aromatic carbocycles. The van der Waals surface area contributed by atoms with Crippen LogP contribution in [0.2, 0.25) is 0 Å². The van der Waals surface area contributed by atoms with Crippen LogP contribution in [0.5, 0.6) is 5.75 Å². The second-order valence-electron chi connectivity index (χ2n) is 7.38. The van der Waals surface area contributed by atoms with Crippen LogP contribution in [-0.4, -0.2) is 33.9 Å². The van der Waals surface area contributed by atoms with Crippen molar-refractivity contribution >= 4 is 27.6 Å². The third kappa shape index (κ3) is 5.72. The minimum atomic E-state index is -4.09. The van der Waals surface area contributed by atoms with Crippen LogP contribution in [0.25, 0.3) is 0 Å². The van der Waals surface area contributed by atoms with E-state index in [0.29, 0.717) is 11.3 Å². The molecule has 0 saturated heterocycles. The van der Waals surface area contributed by atoms with Gasteiger partial charge in [-0.2, -0.15) is 5.90 Å². The lowest BCUT2D eigenvalue weighted by molar-refractivity contribution is -0.119. The Morgan fingerprint density at radius 3 is 2.38 bits per heavy atom. The summed E-state index contributed by atoms with van der Waals surface area (Å²) in [6, 6.07) is 19.3. The lowest BCUT2D eigenvalue weighted by atomic mass is 10.1. The molecule has 0 fully saturated rings. The highest BCUT2D eigenvalue weighted by atomic mass is 32.2. The molecule has 0 saturated carbocycles. The standard InChI is InChI=1S/C24H25N3O6S/c1-17-10-12-20(13-11-17)34(30,31)27(21-8-3-4-9-22(21)32-2)16-23(28)26-15-18-6-5-7-19(14-18)24(29)33-25/h3-14H,15-16,25H2,1-2H3,(H,26,28). The van der Waals surface area contributed by atoms with Crippen LogP contribution in [0.3, 0.4) is 0 Å². The average molecular weight is 484 g/mol. The normalized spacial score (nSPS) is 10.9. The summed E-state index contributed by atoms with van der Waals surface area (Å²) in [6.45, 7) is 1.43. The van der Waals surface area contributed by atoms with E-state index < -0.39 is 28.4 Å². The van der Waals surface area contributed by atoms with Gasteiger partial charge in [0.1, 0.15) is 12.3 Å². The number of carbonyl (C=O) groups is 2. The summed E-state index contributed by atoms with van der Waals surface area (Å²) >= 11 is 0. The van der Waals surface area contributed by atoms with Gasteiger partial charge in [0.25, 0.3) is 10.0 Å². The largest absolute Gasteiger partial charge is 0.495 e. The molecule has 178 valence electrons. The van der Waals surface area contributed by atoms with Crippen LogP contribution in [0.1, 0.15) is 21.5 Å². The molecular formula is C24H25N3O6S. The third-order valence-electron chi connectivity index (χ3n) is 5.01. The first-order chi connectivity index (χ1) is 16.3. The maximum absolute atomic E-state index is 13.5. The number of hydrogen-bond acceptors (Lipinski definition) is 7. The van der Waals surface area contributed by atoms with Crippen LogP contribution in [0.4, 0.5) is 5.69 Å². The van der Waals surface area contributed by atoms with Crippen LogP contribution in [0.15, 0.2) is 77.7 Å². The average Bonchev–Trinajstić information content (AvgIpc) is 2.85. The molecule has 3 rings (SSSR count). The highest BCUT2D eigenvalue weighted by Crippen LogP contribution is 2.32. The van der Waals surface area contributed by atoms with Crippen molar-refractivity contribution in [3.8, 4) is 5.75 Å². The van der Waals surface area contributed by atoms with Crippen molar-refractivity contribution in [2.24, 2.45) is 5.90 Å².